The number of rotatable bonds is 8. The topological polar surface area (TPSA) is 100 Å². The molecular formula is C21H20N4O3S2. The molecule has 0 saturated carbocycles. The largest absolute Gasteiger partial charge is 0.326 e. The quantitative estimate of drug-likeness (QED) is 0.460. The fourth-order valence-corrected chi connectivity index (χ4v) is 4.17. The lowest BCUT2D eigenvalue weighted by Gasteiger charge is -2.07. The minimum atomic E-state index is -0.182. The molecule has 9 heteroatoms. The van der Waals surface area contributed by atoms with Gasteiger partial charge in [0, 0.05) is 29.4 Å². The number of amides is 3. The van der Waals surface area contributed by atoms with Crippen LogP contribution in [0.15, 0.2) is 64.3 Å². The molecule has 3 rings (SSSR count). The number of carbonyl (C=O) groups is 3. The number of carbonyl (C=O) groups excluding carboxylic acids is 3. The summed E-state index contributed by atoms with van der Waals surface area (Å²) < 4.78 is 0.722. The minimum Gasteiger partial charge on any atom is -0.326 e. The van der Waals surface area contributed by atoms with Crippen LogP contribution in [0.3, 0.4) is 0 Å². The molecule has 3 N–H and O–H groups in total. The SMILES string of the molecule is CC(=O)Nc1cccc(NC(=O)CSc2nc(CC(=O)Nc3ccccc3)cs2)c1. The third kappa shape index (κ3) is 7.02. The average molecular weight is 441 g/mol. The molecule has 0 unspecified atom stereocenters. The van der Waals surface area contributed by atoms with Gasteiger partial charge >= 0.3 is 0 Å². The second-order valence-electron chi connectivity index (χ2n) is 6.29. The lowest BCUT2D eigenvalue weighted by molar-refractivity contribution is -0.116. The molecule has 0 aliphatic carbocycles. The van der Waals surface area contributed by atoms with Crippen LogP contribution in [0.4, 0.5) is 17.1 Å². The van der Waals surface area contributed by atoms with E-state index in [0.717, 1.165) is 10.0 Å². The number of nitrogens with one attached hydrogen (secondary N) is 3. The van der Waals surface area contributed by atoms with E-state index < -0.39 is 0 Å². The zero-order chi connectivity index (χ0) is 21.3. The maximum absolute atomic E-state index is 12.2. The Hall–Kier alpha value is -3.17. The first-order valence-electron chi connectivity index (χ1n) is 9.07. The van der Waals surface area contributed by atoms with Crippen LogP contribution in [0, 0.1) is 0 Å². The van der Waals surface area contributed by atoms with Crippen molar-refractivity contribution < 1.29 is 14.4 Å². The summed E-state index contributed by atoms with van der Waals surface area (Å²) in [5.74, 6) is -0.308. The van der Waals surface area contributed by atoms with Gasteiger partial charge in [0.15, 0.2) is 4.34 Å². The van der Waals surface area contributed by atoms with Crippen molar-refractivity contribution in [3.63, 3.8) is 0 Å². The number of nitrogens with zero attached hydrogens (tertiary/aromatic N) is 1. The Morgan fingerprint density at radius 3 is 2.30 bits per heavy atom. The second kappa shape index (κ2) is 10.6. The highest BCUT2D eigenvalue weighted by molar-refractivity contribution is 8.01. The fourth-order valence-electron chi connectivity index (χ4n) is 2.53. The van der Waals surface area contributed by atoms with Gasteiger partial charge in [-0.1, -0.05) is 36.0 Å². The highest BCUT2D eigenvalue weighted by atomic mass is 32.2. The number of hydrogen-bond acceptors (Lipinski definition) is 6. The van der Waals surface area contributed by atoms with E-state index in [1.165, 1.54) is 30.0 Å². The standard InChI is InChI=1S/C21H20N4O3S2/c1-14(26)22-16-8-5-9-17(10-16)24-20(28)13-30-21-25-18(12-29-21)11-19(27)23-15-6-3-2-4-7-15/h2-10,12H,11,13H2,1H3,(H,22,26)(H,23,27)(H,24,28). The van der Waals surface area contributed by atoms with E-state index in [9.17, 15) is 14.4 Å². The summed E-state index contributed by atoms with van der Waals surface area (Å²) in [5, 5.41) is 10.1. The number of anilines is 3. The maximum atomic E-state index is 12.2. The van der Waals surface area contributed by atoms with E-state index in [-0.39, 0.29) is 29.9 Å². The van der Waals surface area contributed by atoms with Crippen LogP contribution in [0.2, 0.25) is 0 Å². The van der Waals surface area contributed by atoms with Gasteiger partial charge in [0.2, 0.25) is 17.7 Å². The molecule has 3 amide bonds. The molecule has 154 valence electrons. The molecule has 7 nitrogen and oxygen atoms in total. The van der Waals surface area contributed by atoms with Crippen LogP contribution in [0.5, 0.6) is 0 Å². The molecule has 30 heavy (non-hydrogen) atoms. The molecule has 0 aliphatic heterocycles. The molecule has 0 saturated heterocycles. The predicted octanol–water partition coefficient (Wildman–Crippen LogP) is 4.01. The van der Waals surface area contributed by atoms with Crippen molar-refractivity contribution in [2.75, 3.05) is 21.7 Å². The van der Waals surface area contributed by atoms with Gasteiger partial charge in [-0.3, -0.25) is 14.4 Å². The molecule has 0 spiro atoms. The molecule has 0 fully saturated rings. The molecule has 0 atom stereocenters. The number of benzene rings is 2. The first kappa shape index (κ1) is 21.5. The van der Waals surface area contributed by atoms with Crippen LogP contribution in [0.1, 0.15) is 12.6 Å². The van der Waals surface area contributed by atoms with Gasteiger partial charge < -0.3 is 16.0 Å². The van der Waals surface area contributed by atoms with Crippen LogP contribution in [-0.2, 0) is 20.8 Å². The smallest absolute Gasteiger partial charge is 0.234 e. The lowest BCUT2D eigenvalue weighted by atomic mass is 10.2. The number of aromatic nitrogens is 1. The molecule has 0 aliphatic rings. The Morgan fingerprint density at radius 1 is 0.900 bits per heavy atom. The third-order valence-corrected chi connectivity index (χ3v) is 5.79. The van der Waals surface area contributed by atoms with Crippen LogP contribution >= 0.6 is 23.1 Å². The van der Waals surface area contributed by atoms with Crippen molar-refractivity contribution in [2.45, 2.75) is 17.7 Å². The van der Waals surface area contributed by atoms with Crippen LogP contribution < -0.4 is 16.0 Å². The van der Waals surface area contributed by atoms with Crippen LogP contribution in [-0.4, -0.2) is 28.5 Å². The summed E-state index contributed by atoms with van der Waals surface area (Å²) in [5.41, 5.74) is 2.63. The highest BCUT2D eigenvalue weighted by Crippen LogP contribution is 2.23. The Labute approximate surface area is 182 Å². The van der Waals surface area contributed by atoms with Crippen molar-refractivity contribution in [1.82, 2.24) is 4.98 Å². The summed E-state index contributed by atoms with van der Waals surface area (Å²) in [4.78, 5) is 39.9. The van der Waals surface area contributed by atoms with Gasteiger partial charge in [0.1, 0.15) is 0 Å². The minimum absolute atomic E-state index is 0.139. The molecule has 3 aromatic rings. The van der Waals surface area contributed by atoms with Gasteiger partial charge in [-0.25, -0.2) is 4.98 Å². The monoisotopic (exact) mass is 440 g/mol. The Balaban J connectivity index is 1.46. The molecule has 0 radical (unpaired) electrons. The normalized spacial score (nSPS) is 10.3. The summed E-state index contributed by atoms with van der Waals surface area (Å²) in [6, 6.07) is 16.2. The molecule has 1 aromatic heterocycles. The molecular weight excluding hydrogens is 420 g/mol. The fraction of sp³-hybridized carbons (Fsp3) is 0.143. The maximum Gasteiger partial charge on any atom is 0.234 e. The molecule has 2 aromatic carbocycles. The number of para-hydroxylation sites is 1. The molecule has 0 bridgehead atoms. The van der Waals surface area contributed by atoms with Gasteiger partial charge in [0.25, 0.3) is 0 Å². The van der Waals surface area contributed by atoms with E-state index in [1.807, 2.05) is 35.7 Å². The summed E-state index contributed by atoms with van der Waals surface area (Å²) >= 11 is 2.71. The van der Waals surface area contributed by atoms with Crippen molar-refractivity contribution in [2.24, 2.45) is 0 Å². The van der Waals surface area contributed by atoms with Gasteiger partial charge in [-0.2, -0.15) is 0 Å². The first-order valence-corrected chi connectivity index (χ1v) is 10.9. The number of hydrogen-bond donors (Lipinski definition) is 3. The van der Waals surface area contributed by atoms with Crippen LogP contribution in [0.25, 0.3) is 0 Å². The van der Waals surface area contributed by atoms with Gasteiger partial charge in [0.05, 0.1) is 17.9 Å². The van der Waals surface area contributed by atoms with E-state index >= 15 is 0 Å². The van der Waals surface area contributed by atoms with Gasteiger partial charge in [-0.05, 0) is 30.3 Å². The number of thiazole rings is 1. The summed E-state index contributed by atoms with van der Waals surface area (Å²) in [6.07, 6.45) is 0.175. The Bertz CT molecular complexity index is 1040. The average Bonchev–Trinajstić information content (AvgIpc) is 3.14. The van der Waals surface area contributed by atoms with Crippen molar-refractivity contribution in [3.8, 4) is 0 Å². The second-order valence-corrected chi connectivity index (χ2v) is 8.38. The third-order valence-electron chi connectivity index (χ3n) is 3.72. The Morgan fingerprint density at radius 2 is 1.57 bits per heavy atom. The van der Waals surface area contributed by atoms with E-state index in [0.29, 0.717) is 17.1 Å². The van der Waals surface area contributed by atoms with Crippen molar-refractivity contribution in [3.05, 3.63) is 65.7 Å². The first-order chi connectivity index (χ1) is 14.5. The van der Waals surface area contributed by atoms with Crippen molar-refractivity contribution >= 4 is 57.9 Å². The van der Waals surface area contributed by atoms with E-state index in [2.05, 4.69) is 20.9 Å². The highest BCUT2D eigenvalue weighted by Gasteiger charge is 2.11. The van der Waals surface area contributed by atoms with Gasteiger partial charge in [-0.15, -0.1) is 11.3 Å². The van der Waals surface area contributed by atoms with E-state index in [1.54, 1.807) is 24.3 Å². The lowest BCUT2D eigenvalue weighted by Crippen LogP contribution is -2.15. The summed E-state index contributed by atoms with van der Waals surface area (Å²) in [6.45, 7) is 1.43. The Kier molecular flexibility index (Phi) is 7.58. The number of thioether (sulfide) groups is 1. The predicted molar refractivity (Wildman–Crippen MR) is 121 cm³/mol. The molecule has 1 heterocycles. The zero-order valence-electron chi connectivity index (χ0n) is 16.2. The van der Waals surface area contributed by atoms with E-state index in [4.69, 9.17) is 0 Å². The summed E-state index contributed by atoms with van der Waals surface area (Å²) in [7, 11) is 0. The van der Waals surface area contributed by atoms with Crippen molar-refractivity contribution in [1.29, 1.82) is 0 Å². The zero-order valence-corrected chi connectivity index (χ0v) is 17.8.